The molecule has 8 heteroatoms. The number of nitrogens with one attached hydrogen (secondary N) is 1. The molecule has 1 saturated heterocycles. The van der Waals surface area contributed by atoms with Gasteiger partial charge in [-0.3, -0.25) is 10.1 Å². The minimum atomic E-state index is -3.62. The van der Waals surface area contributed by atoms with Crippen molar-refractivity contribution in [3.05, 3.63) is 64.5 Å². The number of thiazole rings is 1. The van der Waals surface area contributed by atoms with Gasteiger partial charge in [-0.25, -0.2) is 13.4 Å². The van der Waals surface area contributed by atoms with E-state index in [2.05, 4.69) is 29.4 Å². The zero-order chi connectivity index (χ0) is 22.7. The van der Waals surface area contributed by atoms with Crippen LogP contribution in [0, 0.1) is 6.92 Å². The van der Waals surface area contributed by atoms with Gasteiger partial charge in [0.2, 0.25) is 10.0 Å². The van der Waals surface area contributed by atoms with Crippen molar-refractivity contribution in [3.63, 3.8) is 0 Å². The van der Waals surface area contributed by atoms with E-state index in [1.807, 2.05) is 17.5 Å². The SMILES string of the molecule is CCc1ccc(-c2csc(NC(=O)c3ccc(C)c(S(=O)(=O)N4CCCCC4)c3)n2)cc1. The Morgan fingerprint density at radius 1 is 1.09 bits per heavy atom. The maximum absolute atomic E-state index is 13.1. The molecule has 6 nitrogen and oxygen atoms in total. The van der Waals surface area contributed by atoms with Crippen LogP contribution in [0.1, 0.15) is 47.7 Å². The number of carbonyl (C=O) groups excluding carboxylic acids is 1. The fourth-order valence-electron chi connectivity index (χ4n) is 3.81. The monoisotopic (exact) mass is 469 g/mol. The van der Waals surface area contributed by atoms with Crippen molar-refractivity contribution >= 4 is 32.4 Å². The Balaban J connectivity index is 1.53. The first kappa shape index (κ1) is 22.6. The molecule has 32 heavy (non-hydrogen) atoms. The van der Waals surface area contributed by atoms with E-state index in [0.717, 1.165) is 36.9 Å². The molecule has 1 amide bonds. The third-order valence-electron chi connectivity index (χ3n) is 5.77. The van der Waals surface area contributed by atoms with E-state index in [-0.39, 0.29) is 10.8 Å². The van der Waals surface area contributed by atoms with Gasteiger partial charge in [0.25, 0.3) is 5.91 Å². The van der Waals surface area contributed by atoms with E-state index in [1.54, 1.807) is 19.1 Å². The Bertz CT molecular complexity index is 1210. The maximum atomic E-state index is 13.1. The first-order chi connectivity index (χ1) is 15.4. The molecule has 0 saturated carbocycles. The molecule has 168 valence electrons. The molecule has 1 N–H and O–H groups in total. The van der Waals surface area contributed by atoms with Gasteiger partial charge in [0.1, 0.15) is 0 Å². The van der Waals surface area contributed by atoms with Gasteiger partial charge >= 0.3 is 0 Å². The number of aryl methyl sites for hydroxylation is 2. The highest BCUT2D eigenvalue weighted by molar-refractivity contribution is 7.89. The van der Waals surface area contributed by atoms with Gasteiger partial charge < -0.3 is 0 Å². The average Bonchev–Trinajstić information content (AvgIpc) is 3.28. The third kappa shape index (κ3) is 4.77. The minimum Gasteiger partial charge on any atom is -0.298 e. The normalized spacial score (nSPS) is 14.9. The summed E-state index contributed by atoms with van der Waals surface area (Å²) in [6, 6.07) is 13.0. The smallest absolute Gasteiger partial charge is 0.257 e. The number of amides is 1. The largest absolute Gasteiger partial charge is 0.298 e. The van der Waals surface area contributed by atoms with Crippen LogP contribution in [0.25, 0.3) is 11.3 Å². The van der Waals surface area contributed by atoms with Gasteiger partial charge in [-0.15, -0.1) is 11.3 Å². The predicted octanol–water partition coefficient (Wildman–Crippen LogP) is 5.11. The lowest BCUT2D eigenvalue weighted by atomic mass is 10.1. The van der Waals surface area contributed by atoms with Gasteiger partial charge in [-0.05, 0) is 49.4 Å². The minimum absolute atomic E-state index is 0.197. The van der Waals surface area contributed by atoms with Crippen LogP contribution >= 0.6 is 11.3 Å². The predicted molar refractivity (Wildman–Crippen MR) is 129 cm³/mol. The van der Waals surface area contributed by atoms with Gasteiger partial charge in [-0.2, -0.15) is 4.31 Å². The second-order valence-electron chi connectivity index (χ2n) is 7.99. The Labute approximate surface area is 193 Å². The van der Waals surface area contributed by atoms with Crippen molar-refractivity contribution in [1.29, 1.82) is 0 Å². The number of rotatable bonds is 6. The van der Waals surface area contributed by atoms with E-state index in [0.29, 0.717) is 29.3 Å². The lowest BCUT2D eigenvalue weighted by Gasteiger charge is -2.26. The molecule has 3 aromatic rings. The summed E-state index contributed by atoms with van der Waals surface area (Å²) >= 11 is 1.34. The van der Waals surface area contributed by atoms with Crippen LogP contribution in [-0.2, 0) is 16.4 Å². The van der Waals surface area contributed by atoms with Crippen LogP contribution in [-0.4, -0.2) is 36.7 Å². The molecule has 0 radical (unpaired) electrons. The van der Waals surface area contributed by atoms with E-state index in [9.17, 15) is 13.2 Å². The molecule has 4 rings (SSSR count). The molecule has 1 aromatic heterocycles. The molecule has 2 aromatic carbocycles. The van der Waals surface area contributed by atoms with Crippen LogP contribution < -0.4 is 5.32 Å². The number of hydrogen-bond acceptors (Lipinski definition) is 5. The number of carbonyl (C=O) groups is 1. The number of piperidine rings is 1. The van der Waals surface area contributed by atoms with Crippen molar-refractivity contribution in [2.24, 2.45) is 0 Å². The highest BCUT2D eigenvalue weighted by atomic mass is 32.2. The van der Waals surface area contributed by atoms with Crippen LogP contribution in [0.3, 0.4) is 0 Å². The van der Waals surface area contributed by atoms with Crippen molar-refractivity contribution in [1.82, 2.24) is 9.29 Å². The summed E-state index contributed by atoms with van der Waals surface area (Å²) in [4.78, 5) is 17.6. The van der Waals surface area contributed by atoms with Crippen molar-refractivity contribution in [3.8, 4) is 11.3 Å². The molecule has 0 atom stereocenters. The van der Waals surface area contributed by atoms with Gasteiger partial charge in [-0.1, -0.05) is 43.7 Å². The summed E-state index contributed by atoms with van der Waals surface area (Å²) in [5.41, 5.74) is 3.98. The Kier molecular flexibility index (Phi) is 6.74. The number of aromatic nitrogens is 1. The Morgan fingerprint density at radius 2 is 1.81 bits per heavy atom. The number of anilines is 1. The fourth-order valence-corrected chi connectivity index (χ4v) is 6.29. The van der Waals surface area contributed by atoms with E-state index in [4.69, 9.17) is 0 Å². The average molecular weight is 470 g/mol. The summed E-state index contributed by atoms with van der Waals surface area (Å²) < 4.78 is 27.8. The first-order valence-corrected chi connectivity index (χ1v) is 13.2. The van der Waals surface area contributed by atoms with Gasteiger partial charge in [0.15, 0.2) is 5.13 Å². The third-order valence-corrected chi connectivity index (χ3v) is 8.56. The van der Waals surface area contributed by atoms with E-state index in [1.165, 1.54) is 27.3 Å². The van der Waals surface area contributed by atoms with Crippen LogP contribution in [0.4, 0.5) is 5.13 Å². The number of hydrogen-bond donors (Lipinski definition) is 1. The molecule has 0 bridgehead atoms. The number of nitrogens with zero attached hydrogens (tertiary/aromatic N) is 2. The standard InChI is InChI=1S/C24H27N3O3S2/c1-3-18-8-11-19(12-9-18)21-16-31-24(25-21)26-23(28)20-10-7-17(2)22(15-20)32(29,30)27-13-5-4-6-14-27/h7-12,15-16H,3-6,13-14H2,1-2H3,(H,25,26,28). The summed E-state index contributed by atoms with van der Waals surface area (Å²) in [6.45, 7) is 4.92. The Morgan fingerprint density at radius 3 is 2.50 bits per heavy atom. The maximum Gasteiger partial charge on any atom is 0.257 e. The highest BCUT2D eigenvalue weighted by Crippen LogP contribution is 2.27. The lowest BCUT2D eigenvalue weighted by Crippen LogP contribution is -2.36. The molecule has 0 unspecified atom stereocenters. The van der Waals surface area contributed by atoms with Crippen molar-refractivity contribution < 1.29 is 13.2 Å². The molecule has 2 heterocycles. The summed E-state index contributed by atoms with van der Waals surface area (Å²) in [5, 5.41) is 5.19. The van der Waals surface area contributed by atoms with Crippen molar-refractivity contribution in [2.45, 2.75) is 44.4 Å². The summed E-state index contributed by atoms with van der Waals surface area (Å²) in [7, 11) is -3.62. The zero-order valence-electron chi connectivity index (χ0n) is 18.3. The van der Waals surface area contributed by atoms with E-state index >= 15 is 0 Å². The molecule has 1 aliphatic heterocycles. The van der Waals surface area contributed by atoms with Gasteiger partial charge in [0, 0.05) is 29.6 Å². The number of benzene rings is 2. The topological polar surface area (TPSA) is 79.4 Å². The second kappa shape index (κ2) is 9.52. The second-order valence-corrected chi connectivity index (χ2v) is 10.8. The zero-order valence-corrected chi connectivity index (χ0v) is 19.9. The first-order valence-electron chi connectivity index (χ1n) is 10.9. The van der Waals surface area contributed by atoms with Crippen LogP contribution in [0.5, 0.6) is 0 Å². The molecular formula is C24H27N3O3S2. The van der Waals surface area contributed by atoms with E-state index < -0.39 is 10.0 Å². The fraction of sp³-hybridized carbons (Fsp3) is 0.333. The molecule has 0 spiro atoms. The van der Waals surface area contributed by atoms with Crippen LogP contribution in [0.15, 0.2) is 52.7 Å². The molecular weight excluding hydrogens is 442 g/mol. The quantitative estimate of drug-likeness (QED) is 0.544. The lowest BCUT2D eigenvalue weighted by molar-refractivity contribution is 0.102. The molecule has 1 fully saturated rings. The molecule has 0 aliphatic carbocycles. The summed E-state index contributed by atoms with van der Waals surface area (Å²) in [6.07, 6.45) is 3.76. The number of sulfonamides is 1. The van der Waals surface area contributed by atoms with Gasteiger partial charge in [0.05, 0.1) is 10.6 Å². The molecule has 1 aliphatic rings. The summed E-state index contributed by atoms with van der Waals surface area (Å²) in [5.74, 6) is -0.373. The van der Waals surface area contributed by atoms with Crippen LogP contribution in [0.2, 0.25) is 0 Å². The highest BCUT2D eigenvalue weighted by Gasteiger charge is 2.28. The Hall–Kier alpha value is -2.55. The van der Waals surface area contributed by atoms with Crippen molar-refractivity contribution in [2.75, 3.05) is 18.4 Å².